The maximum absolute atomic E-state index is 12.9. The van der Waals surface area contributed by atoms with E-state index in [1.54, 1.807) is 36.4 Å². The lowest BCUT2D eigenvalue weighted by Crippen LogP contribution is -2.52. The predicted molar refractivity (Wildman–Crippen MR) is 148 cm³/mol. The zero-order valence-electron chi connectivity index (χ0n) is 22.1. The van der Waals surface area contributed by atoms with Gasteiger partial charge in [0.1, 0.15) is 6.04 Å². The Hall–Kier alpha value is -4.99. The first-order valence-electron chi connectivity index (χ1n) is 12.9. The third-order valence-electron chi connectivity index (χ3n) is 7.29. The summed E-state index contributed by atoms with van der Waals surface area (Å²) in [6.07, 6.45) is 0.470. The summed E-state index contributed by atoms with van der Waals surface area (Å²) in [5, 5.41) is 8.10. The van der Waals surface area contributed by atoms with E-state index in [2.05, 4.69) is 16.0 Å². The van der Waals surface area contributed by atoms with Gasteiger partial charge < -0.3 is 21.3 Å². The van der Waals surface area contributed by atoms with Gasteiger partial charge in [0, 0.05) is 29.8 Å². The summed E-state index contributed by atoms with van der Waals surface area (Å²) in [6, 6.07) is 18.6. The van der Waals surface area contributed by atoms with Crippen molar-refractivity contribution in [3.63, 3.8) is 0 Å². The van der Waals surface area contributed by atoms with Crippen molar-refractivity contribution in [2.24, 2.45) is 5.73 Å². The van der Waals surface area contributed by atoms with E-state index in [1.165, 1.54) is 4.90 Å². The van der Waals surface area contributed by atoms with E-state index >= 15 is 0 Å². The number of carbonyl (C=O) groups is 5. The molecule has 1 saturated heterocycles. The third-order valence-corrected chi connectivity index (χ3v) is 7.29. The maximum Gasteiger partial charge on any atom is 0.319 e. The lowest BCUT2D eigenvalue weighted by molar-refractivity contribution is -0.136. The second-order valence-corrected chi connectivity index (χ2v) is 10.5. The summed E-state index contributed by atoms with van der Waals surface area (Å²) in [7, 11) is 0. The Labute approximate surface area is 230 Å². The number of hydrogen-bond acceptors (Lipinski definition) is 5. The zero-order chi connectivity index (χ0) is 28.6. The summed E-state index contributed by atoms with van der Waals surface area (Å²) < 4.78 is 0. The van der Waals surface area contributed by atoms with E-state index in [4.69, 9.17) is 5.73 Å². The van der Waals surface area contributed by atoms with Crippen LogP contribution < -0.4 is 21.7 Å². The minimum atomic E-state index is -0.715. The fraction of sp³-hybridized carbons (Fsp3) is 0.233. The topological polar surface area (TPSA) is 151 Å². The van der Waals surface area contributed by atoms with Crippen LogP contribution in [0.3, 0.4) is 0 Å². The number of carbonyl (C=O) groups excluding carboxylic acids is 5. The van der Waals surface area contributed by atoms with E-state index in [0.717, 1.165) is 16.7 Å². The molecule has 10 heteroatoms. The van der Waals surface area contributed by atoms with Crippen LogP contribution in [0.2, 0.25) is 0 Å². The van der Waals surface area contributed by atoms with Crippen LogP contribution in [0.5, 0.6) is 0 Å². The van der Waals surface area contributed by atoms with Gasteiger partial charge in [-0.3, -0.25) is 24.5 Å². The second kappa shape index (κ2) is 10.3. The first kappa shape index (κ1) is 26.6. The molecule has 3 aromatic carbocycles. The van der Waals surface area contributed by atoms with Crippen LogP contribution in [0.15, 0.2) is 66.7 Å². The van der Waals surface area contributed by atoms with Crippen LogP contribution in [-0.4, -0.2) is 40.6 Å². The number of rotatable bonds is 6. The molecule has 10 nitrogen and oxygen atoms in total. The van der Waals surface area contributed by atoms with Crippen molar-refractivity contribution >= 4 is 35.3 Å². The number of urea groups is 1. The lowest BCUT2D eigenvalue weighted by atomic mass is 9.92. The van der Waals surface area contributed by atoms with Crippen LogP contribution in [0.25, 0.3) is 11.1 Å². The zero-order valence-corrected chi connectivity index (χ0v) is 22.1. The number of hydrogen-bond donors (Lipinski definition) is 4. The van der Waals surface area contributed by atoms with Gasteiger partial charge in [0.2, 0.25) is 17.7 Å². The summed E-state index contributed by atoms with van der Waals surface area (Å²) in [4.78, 5) is 62.5. The Morgan fingerprint density at radius 2 is 1.73 bits per heavy atom. The number of amides is 6. The van der Waals surface area contributed by atoms with Crippen molar-refractivity contribution in [2.45, 2.75) is 44.8 Å². The lowest BCUT2D eigenvalue weighted by Gasteiger charge is -2.29. The number of nitrogens with two attached hydrogens (primary N) is 1. The van der Waals surface area contributed by atoms with Crippen LogP contribution in [0.4, 0.5) is 10.5 Å². The Balaban J connectivity index is 1.24. The van der Waals surface area contributed by atoms with Gasteiger partial charge in [0.25, 0.3) is 5.91 Å². The van der Waals surface area contributed by atoms with Crippen molar-refractivity contribution in [2.75, 3.05) is 5.32 Å². The van der Waals surface area contributed by atoms with E-state index in [0.29, 0.717) is 22.4 Å². The number of nitrogens with one attached hydrogen (secondary N) is 3. The third kappa shape index (κ3) is 5.28. The Bertz CT molecular complexity index is 1550. The fourth-order valence-corrected chi connectivity index (χ4v) is 5.10. The molecule has 1 fully saturated rings. The predicted octanol–water partition coefficient (Wildman–Crippen LogP) is 3.27. The average molecular weight is 540 g/mol. The molecule has 2 heterocycles. The molecule has 1 atom stereocenters. The van der Waals surface area contributed by atoms with E-state index in [1.807, 2.05) is 44.2 Å². The Kier molecular flexibility index (Phi) is 6.85. The number of anilines is 1. The highest BCUT2D eigenvalue weighted by atomic mass is 16.2. The monoisotopic (exact) mass is 539 g/mol. The first-order chi connectivity index (χ1) is 19.0. The maximum atomic E-state index is 12.9. The molecule has 0 bridgehead atoms. The number of benzene rings is 3. The van der Waals surface area contributed by atoms with Crippen molar-refractivity contribution in [3.8, 4) is 11.1 Å². The van der Waals surface area contributed by atoms with Crippen LogP contribution in [0.1, 0.15) is 58.5 Å². The molecule has 1 unspecified atom stereocenters. The quantitative estimate of drug-likeness (QED) is 0.355. The molecule has 0 spiro atoms. The molecule has 40 heavy (non-hydrogen) atoms. The molecule has 0 radical (unpaired) electrons. The molecule has 204 valence electrons. The fourth-order valence-electron chi connectivity index (χ4n) is 5.10. The summed E-state index contributed by atoms with van der Waals surface area (Å²) in [5.74, 6) is -1.57. The van der Waals surface area contributed by atoms with Gasteiger partial charge in [-0.2, -0.15) is 0 Å². The van der Waals surface area contributed by atoms with E-state index in [9.17, 15) is 24.0 Å². The van der Waals surface area contributed by atoms with Crippen LogP contribution >= 0.6 is 0 Å². The SMILES string of the molecule is CC(C)(NC(=O)Nc1ccc2c(c1)CN(C1CCC(=O)NC1=O)C2=O)c1ccc(-c2cccc(C(N)=O)c2)cc1. The van der Waals surface area contributed by atoms with Gasteiger partial charge in [-0.15, -0.1) is 0 Å². The van der Waals surface area contributed by atoms with Gasteiger partial charge >= 0.3 is 6.03 Å². The average Bonchev–Trinajstić information content (AvgIpc) is 3.23. The number of fused-ring (bicyclic) bond motifs is 1. The summed E-state index contributed by atoms with van der Waals surface area (Å²) in [6.45, 7) is 3.99. The van der Waals surface area contributed by atoms with Gasteiger partial charge in [0.05, 0.1) is 5.54 Å². The smallest absolute Gasteiger partial charge is 0.319 e. The van der Waals surface area contributed by atoms with Crippen LogP contribution in [0, 0.1) is 0 Å². The molecule has 2 aliphatic rings. The summed E-state index contributed by atoms with van der Waals surface area (Å²) in [5.41, 5.74) is 9.43. The van der Waals surface area contributed by atoms with Gasteiger partial charge in [-0.25, -0.2) is 4.79 Å². The van der Waals surface area contributed by atoms with Gasteiger partial charge in [-0.1, -0.05) is 36.4 Å². The molecular formula is C30H29N5O5. The van der Waals surface area contributed by atoms with Crippen molar-refractivity contribution < 1.29 is 24.0 Å². The van der Waals surface area contributed by atoms with E-state index in [-0.39, 0.29) is 31.2 Å². The van der Waals surface area contributed by atoms with Crippen molar-refractivity contribution in [3.05, 3.63) is 89.0 Å². The molecule has 3 aromatic rings. The molecule has 0 aliphatic carbocycles. The highest BCUT2D eigenvalue weighted by molar-refractivity contribution is 6.05. The minimum Gasteiger partial charge on any atom is -0.366 e. The Morgan fingerprint density at radius 1 is 0.975 bits per heavy atom. The van der Waals surface area contributed by atoms with Gasteiger partial charge in [0.15, 0.2) is 0 Å². The second-order valence-electron chi connectivity index (χ2n) is 10.5. The number of nitrogens with zero attached hydrogens (tertiary/aromatic N) is 1. The molecule has 6 amide bonds. The minimum absolute atomic E-state index is 0.185. The number of imide groups is 1. The normalized spacial score (nSPS) is 16.8. The highest BCUT2D eigenvalue weighted by Gasteiger charge is 2.39. The van der Waals surface area contributed by atoms with Crippen LogP contribution in [-0.2, 0) is 21.7 Å². The van der Waals surface area contributed by atoms with Gasteiger partial charge in [-0.05, 0) is 72.9 Å². The van der Waals surface area contributed by atoms with E-state index < -0.39 is 29.4 Å². The first-order valence-corrected chi connectivity index (χ1v) is 12.9. The number of primary amides is 1. The molecule has 0 aromatic heterocycles. The Morgan fingerprint density at radius 3 is 2.42 bits per heavy atom. The highest BCUT2D eigenvalue weighted by Crippen LogP contribution is 2.30. The van der Waals surface area contributed by atoms with Crippen molar-refractivity contribution in [1.29, 1.82) is 0 Å². The molecule has 2 aliphatic heterocycles. The molecular weight excluding hydrogens is 510 g/mol. The molecule has 5 N–H and O–H groups in total. The number of piperidine rings is 1. The summed E-state index contributed by atoms with van der Waals surface area (Å²) >= 11 is 0. The molecule has 0 saturated carbocycles. The largest absolute Gasteiger partial charge is 0.366 e. The van der Waals surface area contributed by atoms with Crippen molar-refractivity contribution in [1.82, 2.24) is 15.5 Å². The molecule has 5 rings (SSSR count). The standard InChI is InChI=1S/C30H29N5O5/c1-30(2,21-8-6-17(7-9-21)18-4-3-5-19(14-18)26(31)37)34-29(40)32-22-10-11-23-20(15-22)16-35(28(23)39)24-12-13-25(36)33-27(24)38/h3-11,14-15,24H,12-13,16H2,1-2H3,(H2,31,37)(H2,32,34,40)(H,33,36,38).